The lowest BCUT2D eigenvalue weighted by molar-refractivity contribution is 0.0696. The Labute approximate surface area is 192 Å². The number of nitriles is 1. The molecule has 0 radical (unpaired) electrons. The number of rotatable bonds is 5. The molecule has 0 saturated carbocycles. The number of carboxylic acid groups (broad SMARTS) is 2. The summed E-state index contributed by atoms with van der Waals surface area (Å²) in [5.74, 6) is -2.01. The SMILES string of the molecule is Cc1n[nH]c2c(/N=N/c3c(C#N)cnn3-c3cc(C(=O)O)cc(C(=O)O)c3)c(C(C)(C)C)nn12. The highest BCUT2D eigenvalue weighted by Crippen LogP contribution is 2.35. The van der Waals surface area contributed by atoms with E-state index in [0.29, 0.717) is 22.9 Å². The lowest BCUT2D eigenvalue weighted by Gasteiger charge is -2.15. The lowest BCUT2D eigenvalue weighted by atomic mass is 9.91. The number of aryl methyl sites for hydroxylation is 1. The number of azo groups is 1. The zero-order valence-electron chi connectivity index (χ0n) is 18.6. The number of aromatic carboxylic acids is 2. The molecule has 0 aliphatic rings. The Hall–Kier alpha value is -4.86. The maximum absolute atomic E-state index is 11.5. The molecule has 13 nitrogen and oxygen atoms in total. The molecule has 4 aromatic rings. The summed E-state index contributed by atoms with van der Waals surface area (Å²) in [7, 11) is 0. The minimum absolute atomic E-state index is 0.00294. The third-order valence-electron chi connectivity index (χ3n) is 4.97. The van der Waals surface area contributed by atoms with Crippen LogP contribution in [-0.2, 0) is 5.41 Å². The van der Waals surface area contributed by atoms with Crippen LogP contribution in [0.25, 0.3) is 11.3 Å². The molecule has 0 amide bonds. The molecule has 4 rings (SSSR count). The number of nitrogens with one attached hydrogen (secondary N) is 1. The summed E-state index contributed by atoms with van der Waals surface area (Å²) in [5.41, 5.74) is 0.814. The second-order valence-electron chi connectivity index (χ2n) is 8.46. The lowest BCUT2D eigenvalue weighted by Crippen LogP contribution is -2.12. The molecule has 3 N–H and O–H groups in total. The first-order chi connectivity index (χ1) is 16.0. The third kappa shape index (κ3) is 3.77. The smallest absolute Gasteiger partial charge is 0.335 e. The van der Waals surface area contributed by atoms with Gasteiger partial charge in [0, 0.05) is 5.41 Å². The number of nitrogens with zero attached hydrogens (tertiary/aromatic N) is 8. The number of benzene rings is 1. The van der Waals surface area contributed by atoms with E-state index >= 15 is 0 Å². The summed E-state index contributed by atoms with van der Waals surface area (Å²) < 4.78 is 2.77. The van der Waals surface area contributed by atoms with Gasteiger partial charge < -0.3 is 10.2 Å². The molecule has 0 spiro atoms. The van der Waals surface area contributed by atoms with Crippen molar-refractivity contribution in [3.63, 3.8) is 0 Å². The predicted octanol–water partition coefficient (Wildman–Crippen LogP) is 3.53. The zero-order chi connectivity index (χ0) is 24.8. The molecule has 0 saturated heterocycles. The van der Waals surface area contributed by atoms with Crippen molar-refractivity contribution >= 4 is 29.1 Å². The van der Waals surface area contributed by atoms with Crippen molar-refractivity contribution in [3.05, 3.63) is 52.6 Å². The van der Waals surface area contributed by atoms with Crippen LogP contribution in [0.1, 0.15) is 58.6 Å². The first-order valence-corrected chi connectivity index (χ1v) is 9.97. The minimum Gasteiger partial charge on any atom is -0.478 e. The molecular formula is C21H19N9O4. The molecule has 34 heavy (non-hydrogen) atoms. The zero-order valence-corrected chi connectivity index (χ0v) is 18.6. The van der Waals surface area contributed by atoms with E-state index in [-0.39, 0.29) is 28.2 Å². The molecule has 0 fully saturated rings. The topological polar surface area (TPSA) is 187 Å². The maximum Gasteiger partial charge on any atom is 0.335 e. The van der Waals surface area contributed by atoms with Crippen molar-refractivity contribution in [2.24, 2.45) is 10.2 Å². The summed E-state index contributed by atoms with van der Waals surface area (Å²) in [4.78, 5) is 23.0. The van der Waals surface area contributed by atoms with Crippen LogP contribution in [0, 0.1) is 18.3 Å². The van der Waals surface area contributed by atoms with Crippen LogP contribution in [0.4, 0.5) is 11.5 Å². The number of aromatic nitrogens is 6. The van der Waals surface area contributed by atoms with E-state index in [1.165, 1.54) is 18.3 Å². The maximum atomic E-state index is 11.5. The molecular weight excluding hydrogens is 442 g/mol. The average Bonchev–Trinajstić information content (AvgIpc) is 3.45. The number of carboxylic acids is 2. The van der Waals surface area contributed by atoms with Crippen molar-refractivity contribution in [3.8, 4) is 11.8 Å². The minimum atomic E-state index is -1.31. The number of aromatic amines is 1. The fourth-order valence-electron chi connectivity index (χ4n) is 3.31. The fraction of sp³-hybridized carbons (Fsp3) is 0.238. The van der Waals surface area contributed by atoms with Gasteiger partial charge in [-0.1, -0.05) is 20.8 Å². The number of hydrogen-bond donors (Lipinski definition) is 3. The first kappa shape index (κ1) is 22.3. The van der Waals surface area contributed by atoms with Gasteiger partial charge in [0.05, 0.1) is 28.7 Å². The highest BCUT2D eigenvalue weighted by Gasteiger charge is 2.27. The van der Waals surface area contributed by atoms with E-state index in [1.54, 1.807) is 11.4 Å². The molecule has 0 aliphatic carbocycles. The summed E-state index contributed by atoms with van der Waals surface area (Å²) >= 11 is 0. The Morgan fingerprint density at radius 2 is 1.76 bits per heavy atom. The Morgan fingerprint density at radius 3 is 2.32 bits per heavy atom. The van der Waals surface area contributed by atoms with Crippen LogP contribution in [0.15, 0.2) is 34.6 Å². The molecule has 1 aromatic carbocycles. The van der Waals surface area contributed by atoms with Gasteiger partial charge in [0.2, 0.25) is 0 Å². The predicted molar refractivity (Wildman–Crippen MR) is 117 cm³/mol. The van der Waals surface area contributed by atoms with Gasteiger partial charge in [-0.3, -0.25) is 5.10 Å². The Balaban J connectivity index is 1.90. The molecule has 172 valence electrons. The van der Waals surface area contributed by atoms with E-state index in [1.807, 2.05) is 26.8 Å². The van der Waals surface area contributed by atoms with Gasteiger partial charge in [0.1, 0.15) is 17.5 Å². The van der Waals surface area contributed by atoms with Gasteiger partial charge in [-0.05, 0) is 25.1 Å². The van der Waals surface area contributed by atoms with Crippen LogP contribution in [0.2, 0.25) is 0 Å². The van der Waals surface area contributed by atoms with Gasteiger partial charge in [0.25, 0.3) is 0 Å². The number of hydrogen-bond acceptors (Lipinski definition) is 8. The Kier molecular flexibility index (Phi) is 5.21. The number of fused-ring (bicyclic) bond motifs is 1. The first-order valence-electron chi connectivity index (χ1n) is 9.97. The van der Waals surface area contributed by atoms with Gasteiger partial charge in [-0.2, -0.15) is 25.1 Å². The molecule has 3 heterocycles. The molecule has 0 bridgehead atoms. The second kappa shape index (κ2) is 7.93. The monoisotopic (exact) mass is 461 g/mol. The van der Waals surface area contributed by atoms with Gasteiger partial charge in [0.15, 0.2) is 17.2 Å². The molecule has 3 aromatic heterocycles. The van der Waals surface area contributed by atoms with Gasteiger partial charge in [-0.15, -0.1) is 10.2 Å². The van der Waals surface area contributed by atoms with E-state index in [4.69, 9.17) is 0 Å². The second-order valence-corrected chi connectivity index (χ2v) is 8.46. The highest BCUT2D eigenvalue weighted by atomic mass is 16.4. The van der Waals surface area contributed by atoms with Crippen molar-refractivity contribution < 1.29 is 19.8 Å². The Morgan fingerprint density at radius 1 is 1.12 bits per heavy atom. The molecule has 0 unspecified atom stereocenters. The summed E-state index contributed by atoms with van der Waals surface area (Å²) in [5, 5.41) is 52.6. The van der Waals surface area contributed by atoms with Crippen molar-refractivity contribution in [1.82, 2.24) is 29.6 Å². The summed E-state index contributed by atoms with van der Waals surface area (Å²) in [6.07, 6.45) is 1.24. The van der Waals surface area contributed by atoms with Gasteiger partial charge >= 0.3 is 11.9 Å². The molecule has 0 atom stereocenters. The average molecular weight is 461 g/mol. The van der Waals surface area contributed by atoms with Crippen molar-refractivity contribution in [2.45, 2.75) is 33.1 Å². The molecule has 13 heteroatoms. The summed E-state index contributed by atoms with van der Waals surface area (Å²) in [6.45, 7) is 7.67. The standard InChI is InChI=1S/C21H19N9O4/c1-10-24-27-18-15(16(21(2,3)4)28-29(10)18)25-26-17-13(8-22)9-23-30(17)14-6-11(19(31)32)5-12(7-14)20(33)34/h5-7,9,27H,1-4H3,(H,31,32)(H,33,34)/b26-25+. The van der Waals surface area contributed by atoms with Crippen LogP contribution in [-0.4, -0.2) is 51.7 Å². The van der Waals surface area contributed by atoms with Crippen LogP contribution < -0.4 is 0 Å². The number of carbonyl (C=O) groups is 2. The van der Waals surface area contributed by atoms with Crippen LogP contribution in [0.5, 0.6) is 0 Å². The van der Waals surface area contributed by atoms with E-state index in [2.05, 4.69) is 30.6 Å². The van der Waals surface area contributed by atoms with E-state index < -0.39 is 17.4 Å². The van der Waals surface area contributed by atoms with Crippen molar-refractivity contribution in [2.75, 3.05) is 0 Å². The van der Waals surface area contributed by atoms with E-state index in [0.717, 1.165) is 10.7 Å². The van der Waals surface area contributed by atoms with Crippen LogP contribution in [0.3, 0.4) is 0 Å². The van der Waals surface area contributed by atoms with E-state index in [9.17, 15) is 25.1 Å². The summed E-state index contributed by atoms with van der Waals surface area (Å²) in [6, 6.07) is 5.47. The third-order valence-corrected chi connectivity index (χ3v) is 4.97. The van der Waals surface area contributed by atoms with Crippen molar-refractivity contribution in [1.29, 1.82) is 5.26 Å². The van der Waals surface area contributed by atoms with Crippen LogP contribution >= 0.6 is 0 Å². The molecule has 0 aliphatic heterocycles. The highest BCUT2D eigenvalue weighted by molar-refractivity contribution is 5.94. The quantitative estimate of drug-likeness (QED) is 0.376. The number of H-pyrrole nitrogens is 1. The van der Waals surface area contributed by atoms with Gasteiger partial charge in [-0.25, -0.2) is 14.3 Å². The largest absolute Gasteiger partial charge is 0.478 e. The fourth-order valence-corrected chi connectivity index (χ4v) is 3.31. The Bertz CT molecular complexity index is 1490. The normalized spacial score (nSPS) is 11.9.